The van der Waals surface area contributed by atoms with Crippen LogP contribution in [0, 0.1) is 29.5 Å². The molecule has 1 saturated carbocycles. The highest BCUT2D eigenvalue weighted by atomic mass is 19.1. The van der Waals surface area contributed by atoms with Gasteiger partial charge < -0.3 is 14.2 Å². The molecule has 4 aliphatic heterocycles. The van der Waals surface area contributed by atoms with Gasteiger partial charge in [-0.15, -0.1) is 0 Å². The molecule has 0 N–H and O–H groups in total. The lowest BCUT2D eigenvalue weighted by molar-refractivity contribution is -0.571. The number of ether oxygens (including phenoxy) is 3. The fraction of sp³-hybridized carbons (Fsp3) is 0.720. The van der Waals surface area contributed by atoms with Crippen LogP contribution in [0.15, 0.2) is 24.3 Å². The first kappa shape index (κ1) is 22.3. The smallest absolute Gasteiger partial charge is 0.338 e. The molecule has 4 heterocycles. The van der Waals surface area contributed by atoms with Gasteiger partial charge in [0.1, 0.15) is 5.82 Å². The zero-order chi connectivity index (χ0) is 22.5. The van der Waals surface area contributed by atoms with E-state index < -0.39 is 23.6 Å². The maximum Gasteiger partial charge on any atom is 0.338 e. The Bertz CT molecular complexity index is 845. The van der Waals surface area contributed by atoms with E-state index >= 15 is 0 Å². The third-order valence-corrected chi connectivity index (χ3v) is 8.24. The Hall–Kier alpha value is -1.54. The molecule has 0 amide bonds. The predicted molar refractivity (Wildman–Crippen MR) is 113 cm³/mol. The summed E-state index contributed by atoms with van der Waals surface area (Å²) in [4.78, 5) is 24.2. The van der Waals surface area contributed by atoms with E-state index in [2.05, 4.69) is 13.8 Å². The van der Waals surface area contributed by atoms with Crippen LogP contribution in [-0.2, 0) is 24.0 Å². The Morgan fingerprint density at radius 1 is 1.12 bits per heavy atom. The molecule has 0 radical (unpaired) electrons. The lowest BCUT2D eigenvalue weighted by atomic mass is 9.57. The Balaban J connectivity index is 1.23. The molecule has 6 nitrogen and oxygen atoms in total. The number of esters is 1. The topological polar surface area (TPSA) is 63.2 Å². The molecule has 1 spiro atoms. The number of halogens is 1. The second kappa shape index (κ2) is 8.35. The average molecular weight is 449 g/mol. The van der Waals surface area contributed by atoms with Gasteiger partial charge in [0.05, 0.1) is 18.3 Å². The normalized spacial score (nSPS) is 42.8. The summed E-state index contributed by atoms with van der Waals surface area (Å²) in [6.07, 6.45) is 5.07. The van der Waals surface area contributed by atoms with Gasteiger partial charge in [-0.25, -0.2) is 19.0 Å². The summed E-state index contributed by atoms with van der Waals surface area (Å²) in [5.41, 5.74) is -0.190. The molecule has 1 unspecified atom stereocenters. The zero-order valence-corrected chi connectivity index (χ0v) is 19.1. The van der Waals surface area contributed by atoms with Crippen LogP contribution in [0.3, 0.4) is 0 Å². The van der Waals surface area contributed by atoms with Crippen LogP contribution < -0.4 is 0 Å². The quantitative estimate of drug-likeness (QED) is 0.358. The maximum atomic E-state index is 13.0. The van der Waals surface area contributed by atoms with Crippen LogP contribution in [-0.4, -0.2) is 36.4 Å². The highest BCUT2D eigenvalue weighted by Crippen LogP contribution is 2.60. The molecular formula is C25H33FO6. The molecule has 1 aromatic carbocycles. The van der Waals surface area contributed by atoms with Crippen LogP contribution in [0.4, 0.5) is 4.39 Å². The monoisotopic (exact) mass is 448 g/mol. The fourth-order valence-corrected chi connectivity index (χ4v) is 6.43. The summed E-state index contributed by atoms with van der Waals surface area (Å²) in [5, 5.41) is 0. The van der Waals surface area contributed by atoms with E-state index in [0.29, 0.717) is 36.3 Å². The molecule has 176 valence electrons. The number of carbonyl (C=O) groups excluding carboxylic acids is 1. The minimum Gasteiger partial charge on any atom is -0.462 e. The number of rotatable bonds is 5. The van der Waals surface area contributed by atoms with Gasteiger partial charge in [-0.05, 0) is 81.0 Å². The summed E-state index contributed by atoms with van der Waals surface area (Å²) in [5.74, 6) is -0.1000. The molecule has 1 aliphatic carbocycles. The number of hydrogen-bond donors (Lipinski definition) is 0. The molecule has 6 rings (SSSR count). The second-order valence-electron chi connectivity index (χ2n) is 10.2. The van der Waals surface area contributed by atoms with E-state index in [9.17, 15) is 9.18 Å². The van der Waals surface area contributed by atoms with Crippen molar-refractivity contribution in [2.75, 3.05) is 6.61 Å². The Morgan fingerprint density at radius 2 is 1.91 bits per heavy atom. The molecule has 5 fully saturated rings. The molecular weight excluding hydrogens is 415 g/mol. The van der Waals surface area contributed by atoms with E-state index in [4.69, 9.17) is 24.0 Å². The lowest BCUT2D eigenvalue weighted by Gasteiger charge is -2.60. The number of carbonyl (C=O) groups is 1. The van der Waals surface area contributed by atoms with Crippen molar-refractivity contribution in [3.8, 4) is 0 Å². The largest absolute Gasteiger partial charge is 0.462 e. The summed E-state index contributed by atoms with van der Waals surface area (Å²) < 4.78 is 31.4. The number of hydrogen-bond acceptors (Lipinski definition) is 6. The maximum absolute atomic E-state index is 13.0. The van der Waals surface area contributed by atoms with Gasteiger partial charge in [-0.2, -0.15) is 0 Å². The first-order valence-corrected chi connectivity index (χ1v) is 12.0. The van der Waals surface area contributed by atoms with Gasteiger partial charge in [0, 0.05) is 12.3 Å². The van der Waals surface area contributed by atoms with E-state index in [1.807, 2.05) is 6.92 Å². The van der Waals surface area contributed by atoms with Crippen LogP contribution in [0.25, 0.3) is 0 Å². The minimum atomic E-state index is -0.770. The van der Waals surface area contributed by atoms with E-state index in [1.165, 1.54) is 30.7 Å². The summed E-state index contributed by atoms with van der Waals surface area (Å²) in [6.45, 7) is 6.77. The van der Waals surface area contributed by atoms with Crippen molar-refractivity contribution in [3.63, 3.8) is 0 Å². The molecule has 5 aliphatic rings. The fourth-order valence-electron chi connectivity index (χ4n) is 6.43. The summed E-state index contributed by atoms with van der Waals surface area (Å²) >= 11 is 0. The van der Waals surface area contributed by atoms with Crippen molar-refractivity contribution in [1.82, 2.24) is 0 Å². The number of fused-ring (bicyclic) bond motifs is 2. The van der Waals surface area contributed by atoms with Crippen molar-refractivity contribution >= 4 is 5.97 Å². The predicted octanol–water partition coefficient (Wildman–Crippen LogP) is 5.01. The van der Waals surface area contributed by atoms with Gasteiger partial charge in [0.2, 0.25) is 5.79 Å². The van der Waals surface area contributed by atoms with Crippen molar-refractivity contribution in [1.29, 1.82) is 0 Å². The van der Waals surface area contributed by atoms with Crippen molar-refractivity contribution < 1.29 is 33.2 Å². The Kier molecular flexibility index (Phi) is 5.81. The zero-order valence-electron chi connectivity index (χ0n) is 19.1. The van der Waals surface area contributed by atoms with E-state index in [1.54, 1.807) is 0 Å². The standard InChI is InChI=1S/C25H33FO6/c1-15-6-11-20-16(2)21(5-4-14-28-22(27)17-7-9-18(26)10-8-17)29-23-25(20)19(15)12-13-24(3,30-23)31-32-25/h7-10,15-16,19-21,23H,4-6,11-14H2,1-3H3/t15-,16-,19+,20+,21-,23?,24-,25-/m1/s1. The van der Waals surface area contributed by atoms with Crippen LogP contribution in [0.1, 0.15) is 69.7 Å². The highest BCUT2D eigenvalue weighted by Gasteiger charge is 2.69. The first-order chi connectivity index (χ1) is 15.3. The SMILES string of the molecule is C[C@H]1[C@@H](CCCOC(=O)c2ccc(F)cc2)OC2O[C@@]3(C)CC[C@H]4[C@H](C)CC[C@@H]1[C@@]24OO3. The van der Waals surface area contributed by atoms with Gasteiger partial charge in [-0.1, -0.05) is 13.8 Å². The van der Waals surface area contributed by atoms with Gasteiger partial charge in [-0.3, -0.25) is 0 Å². The van der Waals surface area contributed by atoms with E-state index in [0.717, 1.165) is 25.7 Å². The van der Waals surface area contributed by atoms with Crippen molar-refractivity contribution in [2.45, 2.75) is 83.1 Å². The van der Waals surface area contributed by atoms with Crippen molar-refractivity contribution in [2.24, 2.45) is 23.7 Å². The minimum absolute atomic E-state index is 0.000698. The molecule has 0 aromatic heterocycles. The molecule has 2 bridgehead atoms. The molecule has 7 heteroatoms. The molecule has 8 atom stereocenters. The van der Waals surface area contributed by atoms with Gasteiger partial charge in [0.25, 0.3) is 0 Å². The van der Waals surface area contributed by atoms with Gasteiger partial charge >= 0.3 is 5.97 Å². The van der Waals surface area contributed by atoms with Crippen molar-refractivity contribution in [3.05, 3.63) is 35.6 Å². The summed E-state index contributed by atoms with van der Waals surface area (Å²) in [6, 6.07) is 5.39. The Morgan fingerprint density at radius 3 is 2.69 bits per heavy atom. The van der Waals surface area contributed by atoms with Crippen LogP contribution in [0.2, 0.25) is 0 Å². The highest BCUT2D eigenvalue weighted by molar-refractivity contribution is 5.89. The summed E-state index contributed by atoms with van der Waals surface area (Å²) in [7, 11) is 0. The molecule has 4 saturated heterocycles. The number of benzene rings is 1. The lowest BCUT2D eigenvalue weighted by Crippen LogP contribution is -2.70. The first-order valence-electron chi connectivity index (χ1n) is 12.0. The third kappa shape index (κ3) is 3.67. The van der Waals surface area contributed by atoms with Crippen LogP contribution in [0.5, 0.6) is 0 Å². The average Bonchev–Trinajstić information content (AvgIpc) is 3.00. The molecule has 32 heavy (non-hydrogen) atoms. The Labute approximate surface area is 188 Å². The third-order valence-electron chi connectivity index (χ3n) is 8.24. The van der Waals surface area contributed by atoms with Crippen LogP contribution >= 0.6 is 0 Å². The molecule has 1 aromatic rings. The van der Waals surface area contributed by atoms with Gasteiger partial charge in [0.15, 0.2) is 11.9 Å². The second-order valence-corrected chi connectivity index (χ2v) is 10.2. The van der Waals surface area contributed by atoms with E-state index in [-0.39, 0.29) is 17.8 Å².